The maximum absolute atomic E-state index is 14.5. The fourth-order valence-corrected chi connectivity index (χ4v) is 4.70. The number of imidazole rings is 1. The van der Waals surface area contributed by atoms with Gasteiger partial charge in [0.15, 0.2) is 11.5 Å². The minimum atomic E-state index is -0.549. The Hall–Kier alpha value is -3.80. The molecule has 190 valence electrons. The van der Waals surface area contributed by atoms with Crippen LogP contribution >= 0.6 is 0 Å². The Bertz CT molecular complexity index is 1290. The quantitative estimate of drug-likeness (QED) is 0.529. The minimum Gasteiger partial charge on any atom is -0.477 e. The summed E-state index contributed by atoms with van der Waals surface area (Å²) in [4.78, 5) is 43.1. The molecule has 3 aromatic rings. The number of halogens is 1. The van der Waals surface area contributed by atoms with Crippen LogP contribution in [0.4, 0.5) is 16.0 Å². The van der Waals surface area contributed by atoms with E-state index in [0.29, 0.717) is 31.3 Å². The first-order chi connectivity index (χ1) is 17.4. The van der Waals surface area contributed by atoms with Crippen LogP contribution in [0.15, 0.2) is 24.7 Å². The third-order valence-electron chi connectivity index (χ3n) is 6.37. The van der Waals surface area contributed by atoms with Crippen molar-refractivity contribution < 1.29 is 18.7 Å². The van der Waals surface area contributed by atoms with Gasteiger partial charge in [-0.25, -0.2) is 14.4 Å². The maximum Gasteiger partial charge on any atom is 0.262 e. The smallest absolute Gasteiger partial charge is 0.262 e. The van der Waals surface area contributed by atoms with Gasteiger partial charge in [-0.3, -0.25) is 9.59 Å². The van der Waals surface area contributed by atoms with Crippen LogP contribution in [0, 0.1) is 12.7 Å². The molecule has 11 nitrogen and oxygen atoms in total. The van der Waals surface area contributed by atoms with E-state index in [2.05, 4.69) is 25.6 Å². The molecule has 0 aromatic carbocycles. The Morgan fingerprint density at radius 2 is 2.03 bits per heavy atom. The molecule has 5 rings (SSSR count). The second-order valence-corrected chi connectivity index (χ2v) is 8.89. The first kappa shape index (κ1) is 23.9. The van der Waals surface area contributed by atoms with Crippen molar-refractivity contribution in [1.29, 1.82) is 0 Å². The van der Waals surface area contributed by atoms with Gasteiger partial charge in [0.1, 0.15) is 11.6 Å². The monoisotopic (exact) mass is 496 g/mol. The van der Waals surface area contributed by atoms with Gasteiger partial charge in [0.05, 0.1) is 18.0 Å². The second kappa shape index (κ2) is 10.1. The molecule has 0 aliphatic carbocycles. The van der Waals surface area contributed by atoms with Crippen LogP contribution < -0.4 is 20.3 Å². The number of nitrogens with zero attached hydrogens (tertiary/aromatic N) is 6. The van der Waals surface area contributed by atoms with Crippen molar-refractivity contribution in [3.63, 3.8) is 0 Å². The van der Waals surface area contributed by atoms with E-state index in [9.17, 15) is 14.0 Å². The molecule has 3 aromatic heterocycles. The van der Waals surface area contributed by atoms with Crippen molar-refractivity contribution in [3.8, 4) is 5.88 Å². The highest BCUT2D eigenvalue weighted by Gasteiger charge is 2.36. The van der Waals surface area contributed by atoms with E-state index in [-0.39, 0.29) is 41.3 Å². The molecule has 2 aliphatic rings. The number of amides is 2. The lowest BCUT2D eigenvalue weighted by Gasteiger charge is -2.33. The highest BCUT2D eigenvalue weighted by molar-refractivity contribution is 6.05. The van der Waals surface area contributed by atoms with Crippen molar-refractivity contribution in [3.05, 3.63) is 41.7 Å². The summed E-state index contributed by atoms with van der Waals surface area (Å²) in [7, 11) is 0. The van der Waals surface area contributed by atoms with E-state index in [1.54, 1.807) is 26.2 Å². The number of aromatic nitrogens is 4. The molecule has 0 radical (unpaired) electrons. The van der Waals surface area contributed by atoms with Gasteiger partial charge < -0.3 is 29.6 Å². The third kappa shape index (κ3) is 4.68. The summed E-state index contributed by atoms with van der Waals surface area (Å²) in [5.74, 6) is -0.547. The van der Waals surface area contributed by atoms with Gasteiger partial charge in [-0.15, -0.1) is 0 Å². The fraction of sp³-hybridized carbons (Fsp3) is 0.458. The normalized spacial score (nSPS) is 18.0. The van der Waals surface area contributed by atoms with Crippen LogP contribution in [-0.4, -0.2) is 81.4 Å². The lowest BCUT2D eigenvalue weighted by molar-refractivity contribution is -0.133. The Kier molecular flexibility index (Phi) is 6.68. The highest BCUT2D eigenvalue weighted by atomic mass is 19.1. The zero-order valence-corrected chi connectivity index (χ0v) is 20.3. The van der Waals surface area contributed by atoms with Crippen LogP contribution in [0.3, 0.4) is 0 Å². The van der Waals surface area contributed by atoms with Gasteiger partial charge in [-0.05, 0) is 26.7 Å². The zero-order valence-electron chi connectivity index (χ0n) is 20.3. The first-order valence-corrected chi connectivity index (χ1v) is 12.2. The van der Waals surface area contributed by atoms with Crippen LogP contribution in [0.2, 0.25) is 0 Å². The van der Waals surface area contributed by atoms with Gasteiger partial charge in [-0.1, -0.05) is 0 Å². The molecule has 2 N–H and O–H groups in total. The number of ether oxygens (including phenoxy) is 1. The van der Waals surface area contributed by atoms with Gasteiger partial charge in [-0.2, -0.15) is 4.98 Å². The van der Waals surface area contributed by atoms with Gasteiger partial charge in [0, 0.05) is 57.4 Å². The Morgan fingerprint density at radius 1 is 1.22 bits per heavy atom. The van der Waals surface area contributed by atoms with Crippen LogP contribution in [0.1, 0.15) is 35.8 Å². The number of pyridine rings is 1. The van der Waals surface area contributed by atoms with Gasteiger partial charge in [0.2, 0.25) is 17.7 Å². The number of nitrogens with one attached hydrogen (secondary N) is 2. The third-order valence-corrected chi connectivity index (χ3v) is 6.37. The average Bonchev–Trinajstić information content (AvgIpc) is 3.51. The van der Waals surface area contributed by atoms with Crippen LogP contribution in [-0.2, 0) is 4.79 Å². The SMILES string of the molecule is CCOc1nc(N2CCCC2C(=O)N2CCNCC2)ncc1C(=O)Nc1cc(F)c2nc(C)cn2c1. The first-order valence-electron chi connectivity index (χ1n) is 12.2. The Labute approximate surface area is 207 Å². The summed E-state index contributed by atoms with van der Waals surface area (Å²) in [5, 5.41) is 5.95. The number of aryl methyl sites for hydroxylation is 1. The summed E-state index contributed by atoms with van der Waals surface area (Å²) in [6.45, 7) is 7.41. The number of anilines is 2. The molecule has 2 aliphatic heterocycles. The Morgan fingerprint density at radius 3 is 2.81 bits per heavy atom. The van der Waals surface area contributed by atoms with Crippen LogP contribution in [0.5, 0.6) is 5.88 Å². The second-order valence-electron chi connectivity index (χ2n) is 8.89. The van der Waals surface area contributed by atoms with Crippen molar-refractivity contribution in [2.75, 3.05) is 49.5 Å². The fourth-order valence-electron chi connectivity index (χ4n) is 4.70. The largest absolute Gasteiger partial charge is 0.477 e. The van der Waals surface area contributed by atoms with E-state index in [4.69, 9.17) is 4.74 Å². The summed E-state index contributed by atoms with van der Waals surface area (Å²) in [5.41, 5.74) is 1.22. The van der Waals surface area contributed by atoms with Crippen molar-refractivity contribution in [2.24, 2.45) is 0 Å². The van der Waals surface area contributed by atoms with Crippen molar-refractivity contribution in [2.45, 2.75) is 32.7 Å². The molecule has 0 saturated carbocycles. The lowest BCUT2D eigenvalue weighted by Crippen LogP contribution is -2.52. The number of fused-ring (bicyclic) bond motifs is 1. The Balaban J connectivity index is 1.38. The van der Waals surface area contributed by atoms with Crippen LogP contribution in [0.25, 0.3) is 5.65 Å². The van der Waals surface area contributed by atoms with E-state index >= 15 is 0 Å². The molecular weight excluding hydrogens is 467 g/mol. The number of carbonyl (C=O) groups is 2. The molecule has 2 fully saturated rings. The number of rotatable bonds is 6. The molecule has 5 heterocycles. The molecule has 1 atom stereocenters. The molecule has 2 amide bonds. The molecule has 0 spiro atoms. The lowest BCUT2D eigenvalue weighted by atomic mass is 10.2. The predicted molar refractivity (Wildman–Crippen MR) is 131 cm³/mol. The topological polar surface area (TPSA) is 117 Å². The van der Waals surface area contributed by atoms with Gasteiger partial charge >= 0.3 is 0 Å². The van der Waals surface area contributed by atoms with E-state index in [1.807, 2.05) is 9.80 Å². The summed E-state index contributed by atoms with van der Waals surface area (Å²) in [6, 6.07) is 0.872. The molecule has 1 unspecified atom stereocenters. The minimum absolute atomic E-state index is 0.0736. The predicted octanol–water partition coefficient (Wildman–Crippen LogP) is 1.62. The highest BCUT2D eigenvalue weighted by Crippen LogP contribution is 2.27. The van der Waals surface area contributed by atoms with E-state index < -0.39 is 11.7 Å². The van der Waals surface area contributed by atoms with Gasteiger partial charge in [0.25, 0.3) is 5.91 Å². The number of piperazine rings is 1. The molecule has 2 saturated heterocycles. The summed E-state index contributed by atoms with van der Waals surface area (Å²) < 4.78 is 21.6. The van der Waals surface area contributed by atoms with E-state index in [0.717, 1.165) is 25.9 Å². The zero-order chi connectivity index (χ0) is 25.2. The van der Waals surface area contributed by atoms with Crippen molar-refractivity contribution >= 4 is 29.1 Å². The van der Waals surface area contributed by atoms with Crippen molar-refractivity contribution in [1.82, 2.24) is 29.6 Å². The summed E-state index contributed by atoms with van der Waals surface area (Å²) in [6.07, 6.45) is 6.22. The molecular formula is C24H29FN8O3. The number of hydrogen-bond acceptors (Lipinski definition) is 8. The molecule has 36 heavy (non-hydrogen) atoms. The van der Waals surface area contributed by atoms with E-state index in [1.165, 1.54) is 16.7 Å². The molecule has 12 heteroatoms. The maximum atomic E-state index is 14.5. The molecule has 0 bridgehead atoms. The standard InChI is InChI=1S/C24H29FN8O3/c1-3-36-22-17(21(34)29-16-11-18(25)20-28-15(2)13-32(20)14-16)12-27-24(30-22)33-8-4-5-19(33)23(35)31-9-6-26-7-10-31/h11-14,19,26H,3-10H2,1-2H3,(H,29,34). The average molecular weight is 497 g/mol. The number of hydrogen-bond donors (Lipinski definition) is 2. The number of carbonyl (C=O) groups excluding carboxylic acids is 2. The summed E-state index contributed by atoms with van der Waals surface area (Å²) >= 11 is 0.